The molecule has 0 fully saturated rings. The van der Waals surface area contributed by atoms with Crippen molar-refractivity contribution in [3.63, 3.8) is 0 Å². The van der Waals surface area contributed by atoms with E-state index in [9.17, 15) is 0 Å². The van der Waals surface area contributed by atoms with Gasteiger partial charge in [-0.15, -0.1) is 0 Å². The van der Waals surface area contributed by atoms with Crippen molar-refractivity contribution in [3.8, 4) is 6.07 Å². The number of hydrogen-bond donors (Lipinski definition) is 1. The Morgan fingerprint density at radius 2 is 1.81 bits per heavy atom. The van der Waals surface area contributed by atoms with E-state index in [1.165, 1.54) is 31.2 Å². The second-order valence-electron chi connectivity index (χ2n) is 5.32. The lowest BCUT2D eigenvalue weighted by atomic mass is 10.1. The minimum Gasteiger partial charge on any atom is -0.381 e. The van der Waals surface area contributed by atoms with E-state index in [4.69, 9.17) is 5.26 Å². The van der Waals surface area contributed by atoms with Crippen LogP contribution in [-0.2, 0) is 13.0 Å². The van der Waals surface area contributed by atoms with Gasteiger partial charge in [0, 0.05) is 12.2 Å². The molecule has 0 unspecified atom stereocenters. The lowest BCUT2D eigenvalue weighted by Crippen LogP contribution is -1.99. The van der Waals surface area contributed by atoms with Gasteiger partial charge >= 0.3 is 0 Å². The second-order valence-corrected chi connectivity index (χ2v) is 5.32. The summed E-state index contributed by atoms with van der Waals surface area (Å²) < 4.78 is 0. The van der Waals surface area contributed by atoms with Crippen molar-refractivity contribution in [1.82, 2.24) is 0 Å². The molecule has 0 saturated carbocycles. The number of nitrogens with zero attached hydrogens (tertiary/aromatic N) is 1. The third-order valence-corrected chi connectivity index (χ3v) is 3.58. The van der Waals surface area contributed by atoms with Crippen molar-refractivity contribution < 1.29 is 0 Å². The molecule has 0 spiro atoms. The van der Waals surface area contributed by atoms with Crippen LogP contribution in [-0.4, -0.2) is 0 Å². The van der Waals surface area contributed by atoms with Crippen LogP contribution in [0.5, 0.6) is 0 Å². The molecule has 0 heterocycles. The van der Waals surface area contributed by atoms with Gasteiger partial charge in [0.05, 0.1) is 11.6 Å². The molecule has 1 N–H and O–H groups in total. The van der Waals surface area contributed by atoms with Crippen LogP contribution in [0, 0.1) is 11.3 Å². The summed E-state index contributed by atoms with van der Waals surface area (Å²) >= 11 is 0. The Morgan fingerprint density at radius 3 is 2.52 bits per heavy atom. The number of rotatable bonds is 7. The van der Waals surface area contributed by atoms with Gasteiger partial charge in [0.1, 0.15) is 0 Å². The van der Waals surface area contributed by atoms with Gasteiger partial charge in [-0.1, -0.05) is 44.0 Å². The topological polar surface area (TPSA) is 35.8 Å². The number of nitrogens with one attached hydrogen (secondary N) is 1. The molecule has 0 aliphatic rings. The van der Waals surface area contributed by atoms with Gasteiger partial charge in [0.25, 0.3) is 0 Å². The lowest BCUT2D eigenvalue weighted by Gasteiger charge is -2.08. The first kappa shape index (κ1) is 15.1. The van der Waals surface area contributed by atoms with Gasteiger partial charge < -0.3 is 5.32 Å². The Labute approximate surface area is 127 Å². The molecule has 0 aromatic heterocycles. The third kappa shape index (κ3) is 4.96. The van der Waals surface area contributed by atoms with Crippen LogP contribution in [0.4, 0.5) is 5.69 Å². The van der Waals surface area contributed by atoms with Gasteiger partial charge in [-0.05, 0) is 48.2 Å². The van der Waals surface area contributed by atoms with Crippen molar-refractivity contribution in [2.24, 2.45) is 0 Å². The number of aryl methyl sites for hydroxylation is 1. The summed E-state index contributed by atoms with van der Waals surface area (Å²) in [5, 5.41) is 12.3. The molecule has 0 atom stereocenters. The molecule has 0 radical (unpaired) electrons. The monoisotopic (exact) mass is 278 g/mol. The van der Waals surface area contributed by atoms with Crippen LogP contribution >= 0.6 is 0 Å². The normalized spacial score (nSPS) is 10.1. The van der Waals surface area contributed by atoms with Crippen LogP contribution < -0.4 is 5.32 Å². The van der Waals surface area contributed by atoms with E-state index >= 15 is 0 Å². The SMILES string of the molecule is CCCCCc1ccc(NCc2cccc(C#N)c2)cc1. The first-order chi connectivity index (χ1) is 10.3. The van der Waals surface area contributed by atoms with Crippen LogP contribution in [0.15, 0.2) is 48.5 Å². The molecule has 0 bridgehead atoms. The molecule has 0 aliphatic heterocycles. The van der Waals surface area contributed by atoms with E-state index in [1.807, 2.05) is 24.3 Å². The van der Waals surface area contributed by atoms with Gasteiger partial charge in [-0.25, -0.2) is 0 Å². The zero-order chi connectivity index (χ0) is 14.9. The van der Waals surface area contributed by atoms with E-state index in [1.54, 1.807) is 0 Å². The second kappa shape index (κ2) is 8.11. The molecular weight excluding hydrogens is 256 g/mol. The van der Waals surface area contributed by atoms with Crippen LogP contribution in [0.3, 0.4) is 0 Å². The first-order valence-corrected chi connectivity index (χ1v) is 7.63. The summed E-state index contributed by atoms with van der Waals surface area (Å²) in [6.07, 6.45) is 5.00. The van der Waals surface area contributed by atoms with E-state index in [0.29, 0.717) is 5.56 Å². The average molecular weight is 278 g/mol. The molecular formula is C19H22N2. The maximum Gasteiger partial charge on any atom is 0.0991 e. The molecule has 2 heteroatoms. The highest BCUT2D eigenvalue weighted by atomic mass is 14.9. The largest absolute Gasteiger partial charge is 0.381 e. The van der Waals surface area contributed by atoms with Crippen molar-refractivity contribution in [2.45, 2.75) is 39.2 Å². The summed E-state index contributed by atoms with van der Waals surface area (Å²) in [6, 6.07) is 18.5. The third-order valence-electron chi connectivity index (χ3n) is 3.58. The molecule has 2 nitrogen and oxygen atoms in total. The van der Waals surface area contributed by atoms with Crippen molar-refractivity contribution in [2.75, 3.05) is 5.32 Å². The fourth-order valence-corrected chi connectivity index (χ4v) is 2.32. The fraction of sp³-hybridized carbons (Fsp3) is 0.316. The predicted octanol–water partition coefficient (Wildman–Crippen LogP) is 4.90. The summed E-state index contributed by atoms with van der Waals surface area (Å²) in [6.45, 7) is 2.97. The number of hydrogen-bond acceptors (Lipinski definition) is 2. The van der Waals surface area contributed by atoms with E-state index in [-0.39, 0.29) is 0 Å². The lowest BCUT2D eigenvalue weighted by molar-refractivity contribution is 0.717. The Bertz CT molecular complexity index is 594. The Balaban J connectivity index is 1.87. The Hall–Kier alpha value is -2.27. The summed E-state index contributed by atoms with van der Waals surface area (Å²) in [4.78, 5) is 0. The van der Waals surface area contributed by atoms with Gasteiger partial charge in [-0.2, -0.15) is 5.26 Å². The van der Waals surface area contributed by atoms with Crippen LogP contribution in [0.1, 0.15) is 42.9 Å². The standard InChI is InChI=1S/C19H22N2/c1-2-3-4-6-16-9-11-19(12-10-16)21-15-18-8-5-7-17(13-18)14-20/h5,7-13,21H,2-4,6,15H2,1H3. The zero-order valence-corrected chi connectivity index (χ0v) is 12.6. The molecule has 2 aromatic carbocycles. The highest BCUT2D eigenvalue weighted by Crippen LogP contribution is 2.14. The molecule has 108 valence electrons. The van der Waals surface area contributed by atoms with E-state index in [2.05, 4.69) is 42.6 Å². The summed E-state index contributed by atoms with van der Waals surface area (Å²) in [5.41, 5.74) is 4.36. The Kier molecular flexibility index (Phi) is 5.84. The molecule has 2 aromatic rings. The highest BCUT2D eigenvalue weighted by Gasteiger charge is 1.97. The van der Waals surface area contributed by atoms with Crippen molar-refractivity contribution in [3.05, 3.63) is 65.2 Å². The molecule has 21 heavy (non-hydrogen) atoms. The number of nitriles is 1. The summed E-state index contributed by atoms with van der Waals surface area (Å²) in [7, 11) is 0. The van der Waals surface area contributed by atoms with Crippen molar-refractivity contribution >= 4 is 5.69 Å². The smallest absolute Gasteiger partial charge is 0.0991 e. The molecule has 2 rings (SSSR count). The highest BCUT2D eigenvalue weighted by molar-refractivity contribution is 5.45. The molecule has 0 amide bonds. The van der Waals surface area contributed by atoms with Crippen LogP contribution in [0.2, 0.25) is 0 Å². The quantitative estimate of drug-likeness (QED) is 0.731. The molecule has 0 saturated heterocycles. The Morgan fingerprint density at radius 1 is 1.00 bits per heavy atom. The first-order valence-electron chi connectivity index (χ1n) is 7.63. The zero-order valence-electron chi connectivity index (χ0n) is 12.6. The van der Waals surface area contributed by atoms with Gasteiger partial charge in [0.15, 0.2) is 0 Å². The van der Waals surface area contributed by atoms with E-state index in [0.717, 1.165) is 17.8 Å². The maximum absolute atomic E-state index is 8.90. The number of benzene rings is 2. The van der Waals surface area contributed by atoms with Gasteiger partial charge in [0.2, 0.25) is 0 Å². The number of unbranched alkanes of at least 4 members (excludes halogenated alkanes) is 2. The number of anilines is 1. The van der Waals surface area contributed by atoms with Gasteiger partial charge in [-0.3, -0.25) is 0 Å². The maximum atomic E-state index is 8.90. The minimum absolute atomic E-state index is 0.709. The fourth-order valence-electron chi connectivity index (χ4n) is 2.32. The average Bonchev–Trinajstić information content (AvgIpc) is 2.54. The minimum atomic E-state index is 0.709. The molecule has 0 aliphatic carbocycles. The summed E-state index contributed by atoms with van der Waals surface area (Å²) in [5.74, 6) is 0. The van der Waals surface area contributed by atoms with E-state index < -0.39 is 0 Å². The predicted molar refractivity (Wildman–Crippen MR) is 88.2 cm³/mol. The van der Waals surface area contributed by atoms with Crippen molar-refractivity contribution in [1.29, 1.82) is 5.26 Å². The van der Waals surface area contributed by atoms with Crippen LogP contribution in [0.25, 0.3) is 0 Å².